The van der Waals surface area contributed by atoms with Gasteiger partial charge in [0.1, 0.15) is 6.07 Å². The number of hydrogen-bond acceptors (Lipinski definition) is 4. The van der Waals surface area contributed by atoms with Crippen molar-refractivity contribution < 1.29 is 14.3 Å². The van der Waals surface area contributed by atoms with Gasteiger partial charge in [-0.2, -0.15) is 5.26 Å². The third-order valence-electron chi connectivity index (χ3n) is 2.11. The average Bonchev–Trinajstić information content (AvgIpc) is 2.25. The van der Waals surface area contributed by atoms with Gasteiger partial charge in [0.15, 0.2) is 6.29 Å². The smallest absolute Gasteiger partial charge is 0.232 e. The van der Waals surface area contributed by atoms with Crippen LogP contribution in [0.1, 0.15) is 32.1 Å². The van der Waals surface area contributed by atoms with Crippen LogP contribution in [0.5, 0.6) is 0 Å². The van der Waals surface area contributed by atoms with Gasteiger partial charge in [-0.3, -0.25) is 4.79 Å². The Balaban J connectivity index is 1.98. The van der Waals surface area contributed by atoms with Crippen molar-refractivity contribution in [3.8, 4) is 6.07 Å². The third kappa shape index (κ3) is 4.35. The molecule has 1 rings (SSSR count). The molecule has 1 saturated heterocycles. The Labute approximate surface area is 83.8 Å². The lowest BCUT2D eigenvalue weighted by molar-refractivity contribution is -0.163. The zero-order chi connectivity index (χ0) is 10.2. The monoisotopic (exact) mass is 197 g/mol. The molecule has 4 nitrogen and oxygen atoms in total. The predicted molar refractivity (Wildman–Crippen MR) is 49.4 cm³/mol. The van der Waals surface area contributed by atoms with E-state index in [1.54, 1.807) is 6.07 Å². The lowest BCUT2D eigenvalue weighted by Crippen LogP contribution is -2.22. The van der Waals surface area contributed by atoms with Gasteiger partial charge in [0, 0.05) is 13.0 Å². The van der Waals surface area contributed by atoms with Crippen molar-refractivity contribution in [3.63, 3.8) is 0 Å². The van der Waals surface area contributed by atoms with Crippen molar-refractivity contribution in [2.75, 3.05) is 13.2 Å². The first-order valence-electron chi connectivity index (χ1n) is 4.99. The average molecular weight is 197 g/mol. The van der Waals surface area contributed by atoms with E-state index in [-0.39, 0.29) is 18.5 Å². The molecule has 1 aliphatic heterocycles. The first kappa shape index (κ1) is 11.2. The van der Waals surface area contributed by atoms with Crippen molar-refractivity contribution in [3.05, 3.63) is 0 Å². The lowest BCUT2D eigenvalue weighted by Gasteiger charge is -2.22. The van der Waals surface area contributed by atoms with Crippen LogP contribution in [-0.4, -0.2) is 25.3 Å². The molecule has 1 heterocycles. The molecule has 0 bridgehead atoms. The van der Waals surface area contributed by atoms with Crippen molar-refractivity contribution in [1.82, 2.24) is 0 Å². The summed E-state index contributed by atoms with van der Waals surface area (Å²) in [6, 6.07) is 1.58. The summed E-state index contributed by atoms with van der Waals surface area (Å²) in [7, 11) is 0. The molecule has 4 heteroatoms. The number of nitriles is 1. The highest BCUT2D eigenvalue weighted by Crippen LogP contribution is 2.13. The van der Waals surface area contributed by atoms with Gasteiger partial charge in [0.05, 0.1) is 6.61 Å². The van der Waals surface area contributed by atoms with Crippen molar-refractivity contribution in [2.45, 2.75) is 38.4 Å². The van der Waals surface area contributed by atoms with Crippen LogP contribution in [0.3, 0.4) is 0 Å². The van der Waals surface area contributed by atoms with E-state index in [1.165, 1.54) is 0 Å². The molecule has 0 amide bonds. The molecule has 0 N–H and O–H groups in total. The van der Waals surface area contributed by atoms with Gasteiger partial charge in [0.2, 0.25) is 5.78 Å². The van der Waals surface area contributed by atoms with Gasteiger partial charge < -0.3 is 9.47 Å². The number of carbonyl (C=O) groups is 1. The quantitative estimate of drug-likeness (QED) is 0.493. The van der Waals surface area contributed by atoms with Crippen LogP contribution in [-0.2, 0) is 14.3 Å². The zero-order valence-corrected chi connectivity index (χ0v) is 8.20. The summed E-state index contributed by atoms with van der Waals surface area (Å²) in [6.45, 7) is 1.26. The van der Waals surface area contributed by atoms with E-state index >= 15 is 0 Å². The molecule has 1 unspecified atom stereocenters. The second-order valence-corrected chi connectivity index (χ2v) is 3.31. The normalized spacial score (nSPS) is 21.5. The molecule has 1 fully saturated rings. The Morgan fingerprint density at radius 3 is 3.07 bits per heavy atom. The van der Waals surface area contributed by atoms with Gasteiger partial charge in [0.25, 0.3) is 0 Å². The molecular formula is C10H15NO3. The molecule has 0 spiro atoms. The maximum atomic E-state index is 10.6. The van der Waals surface area contributed by atoms with E-state index in [0.29, 0.717) is 13.0 Å². The third-order valence-corrected chi connectivity index (χ3v) is 2.11. The summed E-state index contributed by atoms with van der Waals surface area (Å²) < 4.78 is 10.7. The highest BCUT2D eigenvalue weighted by atomic mass is 16.7. The highest BCUT2D eigenvalue weighted by Gasteiger charge is 2.13. The molecule has 0 saturated carbocycles. The van der Waals surface area contributed by atoms with Gasteiger partial charge in [-0.1, -0.05) is 0 Å². The lowest BCUT2D eigenvalue weighted by atomic mass is 10.2. The Morgan fingerprint density at radius 2 is 2.43 bits per heavy atom. The fourth-order valence-corrected chi connectivity index (χ4v) is 1.35. The highest BCUT2D eigenvalue weighted by molar-refractivity contribution is 5.93. The number of nitrogens with zero attached hydrogens (tertiary/aromatic N) is 1. The van der Waals surface area contributed by atoms with Crippen molar-refractivity contribution in [2.24, 2.45) is 0 Å². The number of ether oxygens (including phenoxy) is 2. The first-order chi connectivity index (χ1) is 6.83. The number of ketones is 1. The van der Waals surface area contributed by atoms with E-state index < -0.39 is 0 Å². The number of carbonyl (C=O) groups excluding carboxylic acids is 1. The fraction of sp³-hybridized carbons (Fsp3) is 0.800. The minimum absolute atomic E-state index is 0.0964. The van der Waals surface area contributed by atoms with E-state index in [0.717, 1.165) is 25.9 Å². The fourth-order valence-electron chi connectivity index (χ4n) is 1.35. The Hall–Kier alpha value is -0.920. The molecular weight excluding hydrogens is 182 g/mol. The zero-order valence-electron chi connectivity index (χ0n) is 8.20. The Morgan fingerprint density at radius 1 is 1.57 bits per heavy atom. The number of hydrogen-bond donors (Lipinski definition) is 0. The van der Waals surface area contributed by atoms with E-state index in [4.69, 9.17) is 14.7 Å². The van der Waals surface area contributed by atoms with Crippen LogP contribution in [0.25, 0.3) is 0 Å². The van der Waals surface area contributed by atoms with Crippen LogP contribution in [0, 0.1) is 11.3 Å². The van der Waals surface area contributed by atoms with Crippen LogP contribution in [0.15, 0.2) is 0 Å². The Bertz CT molecular complexity index is 216. The molecule has 78 valence electrons. The van der Waals surface area contributed by atoms with E-state index in [9.17, 15) is 4.79 Å². The van der Waals surface area contributed by atoms with Crippen LogP contribution >= 0.6 is 0 Å². The molecule has 0 aromatic carbocycles. The minimum atomic E-state index is -0.377. The summed E-state index contributed by atoms with van der Waals surface area (Å²) in [6.07, 6.45) is 3.97. The molecule has 14 heavy (non-hydrogen) atoms. The van der Waals surface area contributed by atoms with Gasteiger partial charge in [-0.05, 0) is 25.7 Å². The molecule has 0 aromatic rings. The van der Waals surface area contributed by atoms with Crippen LogP contribution < -0.4 is 0 Å². The second-order valence-electron chi connectivity index (χ2n) is 3.31. The summed E-state index contributed by atoms with van der Waals surface area (Å²) in [5.74, 6) is -0.377. The molecule has 0 radical (unpaired) electrons. The summed E-state index contributed by atoms with van der Waals surface area (Å²) in [5, 5.41) is 8.22. The SMILES string of the molecule is N#CC(=O)CCCOC1CCCCO1. The van der Waals surface area contributed by atoms with Crippen LogP contribution in [0.4, 0.5) is 0 Å². The van der Waals surface area contributed by atoms with Crippen LogP contribution in [0.2, 0.25) is 0 Å². The maximum Gasteiger partial charge on any atom is 0.232 e. The number of rotatable bonds is 5. The van der Waals surface area contributed by atoms with Gasteiger partial charge in [-0.15, -0.1) is 0 Å². The largest absolute Gasteiger partial charge is 0.353 e. The first-order valence-corrected chi connectivity index (χ1v) is 4.99. The molecule has 0 aliphatic carbocycles. The van der Waals surface area contributed by atoms with E-state index in [1.807, 2.05) is 0 Å². The van der Waals surface area contributed by atoms with Crippen molar-refractivity contribution in [1.29, 1.82) is 5.26 Å². The minimum Gasteiger partial charge on any atom is -0.353 e. The Kier molecular flexibility index (Phi) is 5.20. The second kappa shape index (κ2) is 6.52. The molecule has 1 aliphatic rings. The topological polar surface area (TPSA) is 59.3 Å². The van der Waals surface area contributed by atoms with Gasteiger partial charge in [-0.25, -0.2) is 0 Å². The molecule has 1 atom stereocenters. The summed E-state index contributed by atoms with van der Waals surface area (Å²) in [5.41, 5.74) is 0. The maximum absolute atomic E-state index is 10.6. The number of Topliss-reactive ketones (excluding diaryl/α,β-unsaturated/α-hetero) is 1. The standard InChI is InChI=1S/C10H15NO3/c11-8-9(12)4-3-7-14-10-5-1-2-6-13-10/h10H,1-7H2. The summed E-state index contributed by atoms with van der Waals surface area (Å²) >= 11 is 0. The van der Waals surface area contributed by atoms with Crippen molar-refractivity contribution >= 4 is 5.78 Å². The van der Waals surface area contributed by atoms with E-state index in [2.05, 4.69) is 0 Å². The summed E-state index contributed by atoms with van der Waals surface area (Å²) in [4.78, 5) is 10.6. The van der Waals surface area contributed by atoms with Gasteiger partial charge >= 0.3 is 0 Å². The predicted octanol–water partition coefficient (Wildman–Crippen LogP) is 1.40. The molecule has 0 aromatic heterocycles.